The Morgan fingerprint density at radius 1 is 1.29 bits per heavy atom. The van der Waals surface area contributed by atoms with Crippen LogP contribution in [0.1, 0.15) is 26.7 Å². The second-order valence-electron chi connectivity index (χ2n) is 6.15. The fourth-order valence-corrected chi connectivity index (χ4v) is 2.64. The van der Waals surface area contributed by atoms with E-state index in [0.29, 0.717) is 18.4 Å². The summed E-state index contributed by atoms with van der Waals surface area (Å²) in [5.74, 6) is 1.84. The van der Waals surface area contributed by atoms with Crippen LogP contribution < -0.4 is 0 Å². The molecule has 1 rings (SSSR count). The summed E-state index contributed by atoms with van der Waals surface area (Å²) in [6.45, 7) is 9.42. The molecule has 1 fully saturated rings. The molecule has 0 spiro atoms. The molecule has 1 unspecified atom stereocenters. The van der Waals surface area contributed by atoms with Crippen LogP contribution >= 0.6 is 0 Å². The van der Waals surface area contributed by atoms with Crippen molar-refractivity contribution in [1.29, 1.82) is 0 Å². The highest BCUT2D eigenvalue weighted by Crippen LogP contribution is 2.18. The Hall–Kier alpha value is -0.120. The zero-order chi connectivity index (χ0) is 12.8. The molecule has 1 saturated heterocycles. The Kier molecular flexibility index (Phi) is 6.45. The first-order chi connectivity index (χ1) is 8.02. The summed E-state index contributed by atoms with van der Waals surface area (Å²) in [5.41, 5.74) is 0. The van der Waals surface area contributed by atoms with Crippen molar-refractivity contribution in [3.05, 3.63) is 0 Å². The van der Waals surface area contributed by atoms with Gasteiger partial charge in [-0.2, -0.15) is 0 Å². The molecule has 1 atom stereocenters. The van der Waals surface area contributed by atoms with Crippen molar-refractivity contribution < 1.29 is 5.11 Å². The molecule has 0 bridgehead atoms. The van der Waals surface area contributed by atoms with E-state index in [1.165, 1.54) is 32.5 Å². The lowest BCUT2D eigenvalue weighted by Gasteiger charge is -2.33. The molecule has 1 heterocycles. The van der Waals surface area contributed by atoms with Crippen molar-refractivity contribution in [3.8, 4) is 0 Å². The second kappa shape index (κ2) is 7.34. The van der Waals surface area contributed by atoms with Gasteiger partial charge in [0, 0.05) is 19.7 Å². The number of hydrogen-bond acceptors (Lipinski definition) is 3. The van der Waals surface area contributed by atoms with E-state index in [1.807, 2.05) is 0 Å². The van der Waals surface area contributed by atoms with Crippen LogP contribution in [0.4, 0.5) is 0 Å². The van der Waals surface area contributed by atoms with Crippen molar-refractivity contribution in [2.75, 3.05) is 46.9 Å². The molecule has 0 radical (unpaired) electrons. The quantitative estimate of drug-likeness (QED) is 0.765. The number of likely N-dealkylation sites (tertiary alicyclic amines) is 1. The van der Waals surface area contributed by atoms with Gasteiger partial charge in [-0.25, -0.2) is 0 Å². The van der Waals surface area contributed by atoms with Gasteiger partial charge in [-0.1, -0.05) is 13.8 Å². The van der Waals surface area contributed by atoms with Gasteiger partial charge in [-0.05, 0) is 57.8 Å². The first-order valence-corrected chi connectivity index (χ1v) is 7.00. The van der Waals surface area contributed by atoms with Crippen molar-refractivity contribution in [3.63, 3.8) is 0 Å². The zero-order valence-electron chi connectivity index (χ0n) is 12.0. The van der Waals surface area contributed by atoms with Crippen LogP contribution in [-0.4, -0.2) is 61.8 Å². The fourth-order valence-electron chi connectivity index (χ4n) is 2.64. The summed E-state index contributed by atoms with van der Waals surface area (Å²) in [4.78, 5) is 4.83. The number of hydrogen-bond donors (Lipinski definition) is 1. The van der Waals surface area contributed by atoms with Crippen molar-refractivity contribution in [1.82, 2.24) is 9.80 Å². The first kappa shape index (κ1) is 14.9. The normalized spacial score (nSPS) is 21.4. The second-order valence-corrected chi connectivity index (χ2v) is 6.15. The maximum Gasteiger partial charge on any atom is 0.0473 e. The van der Waals surface area contributed by atoms with E-state index in [9.17, 15) is 5.11 Å². The summed E-state index contributed by atoms with van der Waals surface area (Å²) in [6.07, 6.45) is 2.65. The van der Waals surface area contributed by atoms with Gasteiger partial charge in [0.2, 0.25) is 0 Å². The van der Waals surface area contributed by atoms with Gasteiger partial charge in [-0.15, -0.1) is 0 Å². The average molecular weight is 242 g/mol. The Balaban J connectivity index is 2.26. The lowest BCUT2D eigenvalue weighted by Crippen LogP contribution is -2.38. The summed E-state index contributed by atoms with van der Waals surface area (Å²) in [5, 5.41) is 9.35. The lowest BCUT2D eigenvalue weighted by molar-refractivity contribution is 0.122. The maximum atomic E-state index is 9.35. The summed E-state index contributed by atoms with van der Waals surface area (Å²) in [7, 11) is 4.41. The Morgan fingerprint density at radius 3 is 2.35 bits per heavy atom. The first-order valence-electron chi connectivity index (χ1n) is 7.00. The van der Waals surface area contributed by atoms with Gasteiger partial charge >= 0.3 is 0 Å². The Bertz CT molecular complexity index is 200. The molecule has 0 aromatic heterocycles. The molecule has 1 aliphatic heterocycles. The number of nitrogens with zero attached hydrogens (tertiary/aromatic N) is 2. The van der Waals surface area contributed by atoms with E-state index in [0.717, 1.165) is 12.5 Å². The van der Waals surface area contributed by atoms with Crippen LogP contribution in [0.2, 0.25) is 0 Å². The molecule has 3 nitrogen and oxygen atoms in total. The van der Waals surface area contributed by atoms with Crippen LogP contribution in [0.5, 0.6) is 0 Å². The molecule has 0 aromatic carbocycles. The van der Waals surface area contributed by atoms with Crippen molar-refractivity contribution in [2.24, 2.45) is 17.8 Å². The van der Waals surface area contributed by atoms with Gasteiger partial charge in [0.15, 0.2) is 0 Å². The summed E-state index contributed by atoms with van der Waals surface area (Å²) >= 11 is 0. The van der Waals surface area contributed by atoms with Gasteiger partial charge in [0.1, 0.15) is 0 Å². The molecule has 0 amide bonds. The molecular formula is C14H30N2O. The highest BCUT2D eigenvalue weighted by Gasteiger charge is 2.20. The SMILES string of the molecule is CC(C)C(CO)CN(C)CC1CCN(C)CC1. The van der Waals surface area contributed by atoms with E-state index in [1.54, 1.807) is 0 Å². The molecular weight excluding hydrogens is 212 g/mol. The lowest BCUT2D eigenvalue weighted by atomic mass is 9.94. The van der Waals surface area contributed by atoms with Crippen LogP contribution in [0.25, 0.3) is 0 Å². The number of aliphatic hydroxyl groups excluding tert-OH is 1. The fraction of sp³-hybridized carbons (Fsp3) is 1.00. The van der Waals surface area contributed by atoms with E-state index >= 15 is 0 Å². The average Bonchev–Trinajstić information content (AvgIpc) is 2.28. The van der Waals surface area contributed by atoms with Crippen molar-refractivity contribution in [2.45, 2.75) is 26.7 Å². The topological polar surface area (TPSA) is 26.7 Å². The smallest absolute Gasteiger partial charge is 0.0473 e. The third-order valence-corrected chi connectivity index (χ3v) is 4.13. The van der Waals surface area contributed by atoms with Crippen LogP contribution in [0.15, 0.2) is 0 Å². The zero-order valence-corrected chi connectivity index (χ0v) is 12.0. The Labute approximate surface area is 107 Å². The third kappa shape index (κ3) is 5.36. The molecule has 0 saturated carbocycles. The van der Waals surface area contributed by atoms with Crippen LogP contribution in [0, 0.1) is 17.8 Å². The molecule has 3 heteroatoms. The highest BCUT2D eigenvalue weighted by atomic mass is 16.3. The van der Waals surface area contributed by atoms with Gasteiger partial charge < -0.3 is 14.9 Å². The molecule has 0 aromatic rings. The predicted octanol–water partition coefficient (Wildman–Crippen LogP) is 1.52. The molecule has 0 aliphatic carbocycles. The summed E-state index contributed by atoms with van der Waals surface area (Å²) in [6, 6.07) is 0. The van der Waals surface area contributed by atoms with Gasteiger partial charge in [-0.3, -0.25) is 0 Å². The standard InChI is InChI=1S/C14H30N2O/c1-12(2)14(11-17)10-16(4)9-13-5-7-15(3)8-6-13/h12-14,17H,5-11H2,1-4H3. The van der Waals surface area contributed by atoms with E-state index in [2.05, 4.69) is 37.7 Å². The third-order valence-electron chi connectivity index (χ3n) is 4.13. The van der Waals surface area contributed by atoms with Gasteiger partial charge in [0.05, 0.1) is 0 Å². The largest absolute Gasteiger partial charge is 0.396 e. The Morgan fingerprint density at radius 2 is 1.88 bits per heavy atom. The van der Waals surface area contributed by atoms with E-state index < -0.39 is 0 Å². The molecule has 17 heavy (non-hydrogen) atoms. The predicted molar refractivity (Wildman–Crippen MR) is 73.1 cm³/mol. The monoisotopic (exact) mass is 242 g/mol. The number of aliphatic hydroxyl groups is 1. The van der Waals surface area contributed by atoms with E-state index in [4.69, 9.17) is 0 Å². The van der Waals surface area contributed by atoms with Crippen molar-refractivity contribution >= 4 is 0 Å². The van der Waals surface area contributed by atoms with E-state index in [-0.39, 0.29) is 0 Å². The number of rotatable bonds is 6. The summed E-state index contributed by atoms with van der Waals surface area (Å²) < 4.78 is 0. The molecule has 1 aliphatic rings. The van der Waals surface area contributed by atoms with Gasteiger partial charge in [0.25, 0.3) is 0 Å². The van der Waals surface area contributed by atoms with Crippen LogP contribution in [-0.2, 0) is 0 Å². The highest BCUT2D eigenvalue weighted by molar-refractivity contribution is 4.74. The maximum absolute atomic E-state index is 9.35. The molecule has 1 N–H and O–H groups in total. The minimum atomic E-state index is 0.315. The number of piperidine rings is 1. The minimum absolute atomic E-state index is 0.315. The minimum Gasteiger partial charge on any atom is -0.396 e. The molecule has 102 valence electrons. The van der Waals surface area contributed by atoms with Crippen LogP contribution in [0.3, 0.4) is 0 Å².